The lowest BCUT2D eigenvalue weighted by Gasteiger charge is -2.26. The molecule has 0 saturated carbocycles. The highest BCUT2D eigenvalue weighted by atomic mass is 16.4. The molecule has 0 aliphatic carbocycles. The Hall–Kier alpha value is -1.43. The SMILES string of the molecule is CCCC1(C(=O)O)CCN(C2CC(=O)N(C)C2=O)C1. The number of carbonyl (C=O) groups excluding carboxylic acids is 2. The lowest BCUT2D eigenvalue weighted by atomic mass is 9.83. The molecule has 2 heterocycles. The second-order valence-corrected chi connectivity index (χ2v) is 5.57. The maximum atomic E-state index is 12.0. The summed E-state index contributed by atoms with van der Waals surface area (Å²) in [6.07, 6.45) is 2.15. The number of amides is 2. The molecule has 19 heavy (non-hydrogen) atoms. The quantitative estimate of drug-likeness (QED) is 0.743. The summed E-state index contributed by atoms with van der Waals surface area (Å²) in [6, 6.07) is -0.462. The fourth-order valence-electron chi connectivity index (χ4n) is 3.16. The van der Waals surface area contributed by atoms with Crippen LogP contribution in [0.15, 0.2) is 0 Å². The Bertz CT molecular complexity index is 423. The standard InChI is InChI=1S/C13H20N2O4/c1-3-4-13(12(18)19)5-6-15(8-13)9-7-10(16)14(2)11(9)17/h9H,3-8H2,1-2H3,(H,18,19). The van der Waals surface area contributed by atoms with Crippen LogP contribution < -0.4 is 0 Å². The highest BCUT2D eigenvalue weighted by molar-refractivity contribution is 6.05. The predicted octanol–water partition coefficient (Wildman–Crippen LogP) is 0.320. The molecule has 106 valence electrons. The Morgan fingerprint density at radius 1 is 1.47 bits per heavy atom. The minimum absolute atomic E-state index is 0.178. The smallest absolute Gasteiger partial charge is 0.310 e. The second kappa shape index (κ2) is 4.92. The van der Waals surface area contributed by atoms with Gasteiger partial charge in [-0.25, -0.2) is 0 Å². The van der Waals surface area contributed by atoms with Crippen molar-refractivity contribution >= 4 is 17.8 Å². The van der Waals surface area contributed by atoms with Crippen molar-refractivity contribution in [2.75, 3.05) is 20.1 Å². The van der Waals surface area contributed by atoms with Crippen molar-refractivity contribution in [2.24, 2.45) is 5.41 Å². The van der Waals surface area contributed by atoms with Gasteiger partial charge in [-0.2, -0.15) is 0 Å². The largest absolute Gasteiger partial charge is 0.481 e. The Kier molecular flexibility index (Phi) is 3.62. The highest BCUT2D eigenvalue weighted by Gasteiger charge is 2.49. The van der Waals surface area contributed by atoms with Gasteiger partial charge in [-0.1, -0.05) is 13.3 Å². The van der Waals surface area contributed by atoms with E-state index in [1.807, 2.05) is 11.8 Å². The number of carboxylic acid groups (broad SMARTS) is 1. The predicted molar refractivity (Wildman–Crippen MR) is 67.3 cm³/mol. The van der Waals surface area contributed by atoms with Gasteiger partial charge in [0, 0.05) is 20.1 Å². The molecule has 2 aliphatic heterocycles. The second-order valence-electron chi connectivity index (χ2n) is 5.57. The third-order valence-electron chi connectivity index (χ3n) is 4.36. The van der Waals surface area contributed by atoms with Crippen molar-refractivity contribution in [1.29, 1.82) is 0 Å². The minimum Gasteiger partial charge on any atom is -0.481 e. The third kappa shape index (κ3) is 2.25. The Morgan fingerprint density at radius 2 is 2.16 bits per heavy atom. The summed E-state index contributed by atoms with van der Waals surface area (Å²) in [4.78, 5) is 38.0. The summed E-state index contributed by atoms with van der Waals surface area (Å²) in [5.41, 5.74) is -0.751. The average Bonchev–Trinajstić information content (AvgIpc) is 2.88. The zero-order chi connectivity index (χ0) is 14.2. The maximum absolute atomic E-state index is 12.0. The van der Waals surface area contributed by atoms with Crippen LogP contribution in [0.5, 0.6) is 0 Å². The van der Waals surface area contributed by atoms with Crippen LogP contribution in [0.2, 0.25) is 0 Å². The van der Waals surface area contributed by atoms with Crippen molar-refractivity contribution in [3.8, 4) is 0 Å². The topological polar surface area (TPSA) is 77.9 Å². The Balaban J connectivity index is 2.12. The zero-order valence-corrected chi connectivity index (χ0v) is 11.4. The molecule has 2 rings (SSSR count). The van der Waals surface area contributed by atoms with Crippen molar-refractivity contribution in [1.82, 2.24) is 9.80 Å². The van der Waals surface area contributed by atoms with Crippen molar-refractivity contribution in [2.45, 2.75) is 38.6 Å². The zero-order valence-electron chi connectivity index (χ0n) is 11.4. The van der Waals surface area contributed by atoms with E-state index in [2.05, 4.69) is 0 Å². The van der Waals surface area contributed by atoms with E-state index in [9.17, 15) is 19.5 Å². The molecule has 2 aliphatic rings. The normalized spacial score (nSPS) is 32.3. The summed E-state index contributed by atoms with van der Waals surface area (Å²) >= 11 is 0. The highest BCUT2D eigenvalue weighted by Crippen LogP contribution is 2.37. The van der Waals surface area contributed by atoms with Crippen LogP contribution in [-0.2, 0) is 14.4 Å². The molecular formula is C13H20N2O4. The Labute approximate surface area is 112 Å². The van der Waals surface area contributed by atoms with Gasteiger partial charge in [0.25, 0.3) is 0 Å². The number of carbonyl (C=O) groups is 3. The molecule has 6 heteroatoms. The maximum Gasteiger partial charge on any atom is 0.310 e. The minimum atomic E-state index is -0.790. The number of rotatable bonds is 4. The third-order valence-corrected chi connectivity index (χ3v) is 4.36. The summed E-state index contributed by atoms with van der Waals surface area (Å²) in [6.45, 7) is 2.91. The van der Waals surface area contributed by atoms with E-state index >= 15 is 0 Å². The van der Waals surface area contributed by atoms with Gasteiger partial charge in [0.1, 0.15) is 0 Å². The first-order valence-corrected chi connectivity index (χ1v) is 6.69. The van der Waals surface area contributed by atoms with Crippen molar-refractivity contribution in [3.05, 3.63) is 0 Å². The first-order chi connectivity index (χ1) is 8.91. The molecule has 2 fully saturated rings. The lowest BCUT2D eigenvalue weighted by Crippen LogP contribution is -2.42. The van der Waals surface area contributed by atoms with E-state index in [1.54, 1.807) is 0 Å². The average molecular weight is 268 g/mol. The number of carboxylic acids is 1. The lowest BCUT2D eigenvalue weighted by molar-refractivity contribution is -0.149. The molecule has 0 aromatic rings. The van der Waals surface area contributed by atoms with Gasteiger partial charge < -0.3 is 5.11 Å². The van der Waals surface area contributed by atoms with E-state index in [0.717, 1.165) is 11.3 Å². The van der Waals surface area contributed by atoms with Gasteiger partial charge in [0.15, 0.2) is 0 Å². The molecule has 2 saturated heterocycles. The molecule has 0 aromatic heterocycles. The van der Waals surface area contributed by atoms with Crippen LogP contribution in [0, 0.1) is 5.41 Å². The van der Waals surface area contributed by atoms with Gasteiger partial charge in [-0.3, -0.25) is 24.2 Å². The van der Waals surface area contributed by atoms with Crippen LogP contribution in [0.3, 0.4) is 0 Å². The van der Waals surface area contributed by atoms with Gasteiger partial charge in [-0.05, 0) is 12.8 Å². The summed E-state index contributed by atoms with van der Waals surface area (Å²) < 4.78 is 0. The van der Waals surface area contributed by atoms with E-state index in [-0.39, 0.29) is 18.2 Å². The molecule has 2 unspecified atom stereocenters. The van der Waals surface area contributed by atoms with Crippen LogP contribution in [-0.4, -0.2) is 58.9 Å². The molecule has 0 radical (unpaired) electrons. The van der Waals surface area contributed by atoms with Crippen LogP contribution in [0.4, 0.5) is 0 Å². The van der Waals surface area contributed by atoms with Gasteiger partial charge in [0.05, 0.1) is 17.9 Å². The molecule has 2 atom stereocenters. The molecule has 0 spiro atoms. The summed E-state index contributed by atoms with van der Waals surface area (Å²) in [7, 11) is 1.48. The van der Waals surface area contributed by atoms with E-state index in [0.29, 0.717) is 25.9 Å². The van der Waals surface area contributed by atoms with Crippen LogP contribution in [0.1, 0.15) is 32.6 Å². The molecule has 0 aromatic carbocycles. The number of hydrogen-bond donors (Lipinski definition) is 1. The van der Waals surface area contributed by atoms with Gasteiger partial charge >= 0.3 is 5.97 Å². The number of nitrogens with zero attached hydrogens (tertiary/aromatic N) is 2. The first kappa shape index (κ1) is 14.0. The van der Waals surface area contributed by atoms with Crippen LogP contribution >= 0.6 is 0 Å². The fraction of sp³-hybridized carbons (Fsp3) is 0.769. The molecular weight excluding hydrogens is 248 g/mol. The van der Waals surface area contributed by atoms with Crippen molar-refractivity contribution in [3.63, 3.8) is 0 Å². The number of hydrogen-bond acceptors (Lipinski definition) is 4. The molecule has 1 N–H and O–H groups in total. The molecule has 2 amide bonds. The van der Waals surface area contributed by atoms with E-state index < -0.39 is 17.4 Å². The number of likely N-dealkylation sites (tertiary alicyclic amines) is 2. The van der Waals surface area contributed by atoms with Gasteiger partial charge in [0.2, 0.25) is 11.8 Å². The Morgan fingerprint density at radius 3 is 2.63 bits per heavy atom. The fourth-order valence-corrected chi connectivity index (χ4v) is 3.16. The molecule has 0 bridgehead atoms. The number of aliphatic carboxylic acids is 1. The van der Waals surface area contributed by atoms with E-state index in [1.165, 1.54) is 7.05 Å². The van der Waals surface area contributed by atoms with Crippen LogP contribution in [0.25, 0.3) is 0 Å². The number of likely N-dealkylation sites (N-methyl/N-ethyl adjacent to an activating group) is 1. The summed E-state index contributed by atoms with van der Waals surface area (Å²) in [5, 5.41) is 9.44. The summed E-state index contributed by atoms with van der Waals surface area (Å²) in [5.74, 6) is -1.18. The van der Waals surface area contributed by atoms with Gasteiger partial charge in [-0.15, -0.1) is 0 Å². The van der Waals surface area contributed by atoms with E-state index in [4.69, 9.17) is 0 Å². The first-order valence-electron chi connectivity index (χ1n) is 6.69. The molecule has 6 nitrogen and oxygen atoms in total. The van der Waals surface area contributed by atoms with Crippen molar-refractivity contribution < 1.29 is 19.5 Å². The monoisotopic (exact) mass is 268 g/mol. The number of imide groups is 1.